The SMILES string of the molecule is Cn1nc2c(c1-c1cc(F)c(F)c(F)c1)C[C@@H]1CCC[C@H]2N1C(=O)c1ccnc2c1ccn2C. The number of hydrogen-bond acceptors (Lipinski definition) is 3. The van der Waals surface area contributed by atoms with Crippen molar-refractivity contribution in [3.63, 3.8) is 0 Å². The largest absolute Gasteiger partial charge is 0.336 e. The minimum Gasteiger partial charge on any atom is -0.336 e. The van der Waals surface area contributed by atoms with Crippen LogP contribution in [0.1, 0.15) is 46.9 Å². The van der Waals surface area contributed by atoms with Crippen molar-refractivity contribution < 1.29 is 18.0 Å². The van der Waals surface area contributed by atoms with Gasteiger partial charge in [-0.1, -0.05) is 0 Å². The van der Waals surface area contributed by atoms with Crippen molar-refractivity contribution in [2.75, 3.05) is 0 Å². The number of hydrogen-bond donors (Lipinski definition) is 0. The molecule has 1 saturated heterocycles. The highest BCUT2D eigenvalue weighted by Gasteiger charge is 2.44. The Kier molecular flexibility index (Phi) is 4.59. The summed E-state index contributed by atoms with van der Waals surface area (Å²) in [7, 11) is 3.60. The van der Waals surface area contributed by atoms with Crippen LogP contribution >= 0.6 is 0 Å². The lowest BCUT2D eigenvalue weighted by Gasteiger charge is -2.45. The Bertz CT molecular complexity index is 1450. The summed E-state index contributed by atoms with van der Waals surface area (Å²) in [6.07, 6.45) is 6.59. The number of aryl methyl sites for hydroxylation is 2. The lowest BCUT2D eigenvalue weighted by molar-refractivity contribution is 0.0394. The van der Waals surface area contributed by atoms with Crippen molar-refractivity contribution in [1.29, 1.82) is 0 Å². The van der Waals surface area contributed by atoms with Gasteiger partial charge in [0.1, 0.15) is 5.65 Å². The molecule has 6 rings (SSSR count). The van der Waals surface area contributed by atoms with Gasteiger partial charge in [-0.2, -0.15) is 5.10 Å². The van der Waals surface area contributed by atoms with Crippen LogP contribution < -0.4 is 0 Å². The summed E-state index contributed by atoms with van der Waals surface area (Å²) in [6, 6.07) is 5.36. The summed E-state index contributed by atoms with van der Waals surface area (Å²) in [4.78, 5) is 20.2. The van der Waals surface area contributed by atoms with E-state index in [1.54, 1.807) is 24.0 Å². The van der Waals surface area contributed by atoms with Crippen molar-refractivity contribution in [1.82, 2.24) is 24.2 Å². The maximum absolute atomic E-state index is 14.0. The molecule has 2 bridgehead atoms. The first kappa shape index (κ1) is 20.9. The van der Waals surface area contributed by atoms with E-state index in [0.717, 1.165) is 53.7 Å². The zero-order valence-corrected chi connectivity index (χ0v) is 18.7. The van der Waals surface area contributed by atoms with Crippen LogP contribution in [0.2, 0.25) is 0 Å². The van der Waals surface area contributed by atoms with Crippen molar-refractivity contribution in [3.05, 3.63) is 70.9 Å². The highest BCUT2D eigenvalue weighted by Crippen LogP contribution is 2.45. The third-order valence-corrected chi connectivity index (χ3v) is 7.17. The number of fused-ring (bicyclic) bond motifs is 5. The molecule has 2 aliphatic rings. The lowest BCUT2D eigenvalue weighted by Crippen LogP contribution is -2.49. The molecular formula is C25H22F3N5O. The van der Waals surface area contributed by atoms with Crippen LogP contribution in [-0.2, 0) is 20.5 Å². The second-order valence-corrected chi connectivity index (χ2v) is 9.13. The van der Waals surface area contributed by atoms with Gasteiger partial charge in [-0.25, -0.2) is 18.2 Å². The van der Waals surface area contributed by atoms with Gasteiger partial charge in [-0.05, 0) is 49.9 Å². The molecule has 1 fully saturated rings. The Morgan fingerprint density at radius 1 is 1.09 bits per heavy atom. The van der Waals surface area contributed by atoms with Crippen molar-refractivity contribution in [3.8, 4) is 11.3 Å². The molecule has 0 spiro atoms. The van der Waals surface area contributed by atoms with Gasteiger partial charge in [0.15, 0.2) is 17.5 Å². The van der Waals surface area contributed by atoms with Gasteiger partial charge in [0, 0.05) is 49.0 Å². The van der Waals surface area contributed by atoms with Gasteiger partial charge < -0.3 is 9.47 Å². The molecule has 4 aromatic rings. The average molecular weight is 465 g/mol. The van der Waals surface area contributed by atoms with Crippen LogP contribution in [0, 0.1) is 17.5 Å². The molecule has 2 aliphatic heterocycles. The maximum Gasteiger partial charge on any atom is 0.255 e. The van der Waals surface area contributed by atoms with E-state index in [9.17, 15) is 18.0 Å². The molecule has 0 N–H and O–H groups in total. The first-order valence-electron chi connectivity index (χ1n) is 11.3. The van der Waals surface area contributed by atoms with E-state index in [2.05, 4.69) is 4.98 Å². The summed E-state index contributed by atoms with van der Waals surface area (Å²) >= 11 is 0. The number of rotatable bonds is 2. The summed E-state index contributed by atoms with van der Waals surface area (Å²) in [5, 5.41) is 5.49. The smallest absolute Gasteiger partial charge is 0.255 e. The average Bonchev–Trinajstić information content (AvgIpc) is 3.35. The monoisotopic (exact) mass is 465 g/mol. The summed E-state index contributed by atoms with van der Waals surface area (Å²) in [6.45, 7) is 0. The molecule has 5 heterocycles. The number of halogens is 3. The van der Waals surface area contributed by atoms with Crippen molar-refractivity contribution >= 4 is 16.9 Å². The van der Waals surface area contributed by atoms with Crippen molar-refractivity contribution in [2.45, 2.75) is 37.8 Å². The Balaban J connectivity index is 1.46. The van der Waals surface area contributed by atoms with Crippen LogP contribution in [0.25, 0.3) is 22.3 Å². The maximum atomic E-state index is 14.0. The van der Waals surface area contributed by atoms with E-state index in [1.165, 1.54) is 0 Å². The molecule has 3 aromatic heterocycles. The Labute approximate surface area is 193 Å². The first-order chi connectivity index (χ1) is 16.3. The number of piperidine rings is 1. The van der Waals surface area contributed by atoms with E-state index < -0.39 is 17.5 Å². The Morgan fingerprint density at radius 2 is 1.85 bits per heavy atom. The number of nitrogens with zero attached hydrogens (tertiary/aromatic N) is 5. The van der Waals surface area contributed by atoms with Gasteiger partial charge in [0.25, 0.3) is 5.91 Å². The Morgan fingerprint density at radius 3 is 2.62 bits per heavy atom. The van der Waals surface area contributed by atoms with Crippen LogP contribution in [-0.4, -0.2) is 36.2 Å². The third-order valence-electron chi connectivity index (χ3n) is 7.17. The molecular weight excluding hydrogens is 443 g/mol. The second kappa shape index (κ2) is 7.44. The fraction of sp³-hybridized carbons (Fsp3) is 0.320. The van der Waals surface area contributed by atoms with E-state index in [0.29, 0.717) is 17.7 Å². The van der Waals surface area contributed by atoms with Crippen LogP contribution in [0.3, 0.4) is 0 Å². The predicted octanol–water partition coefficient (Wildman–Crippen LogP) is 4.68. The molecule has 6 nitrogen and oxygen atoms in total. The predicted molar refractivity (Wildman–Crippen MR) is 119 cm³/mol. The highest BCUT2D eigenvalue weighted by atomic mass is 19.2. The van der Waals surface area contributed by atoms with Gasteiger partial charge in [-0.15, -0.1) is 0 Å². The third kappa shape index (κ3) is 2.92. The van der Waals surface area contributed by atoms with Crippen LogP contribution in [0.5, 0.6) is 0 Å². The Hall–Kier alpha value is -3.62. The van der Waals surface area contributed by atoms with Crippen LogP contribution in [0.15, 0.2) is 36.7 Å². The molecule has 2 atom stereocenters. The topological polar surface area (TPSA) is 56.0 Å². The second-order valence-electron chi connectivity index (χ2n) is 9.13. The number of pyridine rings is 1. The normalized spacial score (nSPS) is 19.5. The molecule has 174 valence electrons. The lowest BCUT2D eigenvalue weighted by atomic mass is 9.81. The minimum absolute atomic E-state index is 0.0648. The quantitative estimate of drug-likeness (QED) is 0.404. The summed E-state index contributed by atoms with van der Waals surface area (Å²) in [5.74, 6) is -4.02. The van der Waals surface area contributed by atoms with E-state index in [1.807, 2.05) is 28.8 Å². The van der Waals surface area contributed by atoms with Gasteiger partial charge >= 0.3 is 0 Å². The number of amides is 1. The zero-order chi connectivity index (χ0) is 23.7. The molecule has 0 saturated carbocycles. The molecule has 9 heteroatoms. The number of aromatic nitrogens is 4. The summed E-state index contributed by atoms with van der Waals surface area (Å²) < 4.78 is 45.1. The minimum atomic E-state index is -1.49. The van der Waals surface area contributed by atoms with Gasteiger partial charge in [0.05, 0.1) is 23.0 Å². The zero-order valence-electron chi connectivity index (χ0n) is 18.7. The highest BCUT2D eigenvalue weighted by molar-refractivity contribution is 6.06. The fourth-order valence-electron chi connectivity index (χ4n) is 5.69. The summed E-state index contributed by atoms with van der Waals surface area (Å²) in [5.41, 5.74) is 3.76. The van der Waals surface area contributed by atoms with Crippen LogP contribution in [0.4, 0.5) is 13.2 Å². The molecule has 0 radical (unpaired) electrons. The molecule has 0 unspecified atom stereocenters. The van der Waals surface area contributed by atoms with Gasteiger partial charge in [-0.3, -0.25) is 9.48 Å². The van der Waals surface area contributed by atoms with E-state index in [-0.39, 0.29) is 23.6 Å². The van der Waals surface area contributed by atoms with Gasteiger partial charge in [0.2, 0.25) is 0 Å². The molecule has 34 heavy (non-hydrogen) atoms. The number of carbonyl (C=O) groups excluding carboxylic acids is 1. The number of benzene rings is 1. The molecule has 1 amide bonds. The first-order valence-corrected chi connectivity index (χ1v) is 11.3. The van der Waals surface area contributed by atoms with Crippen molar-refractivity contribution in [2.24, 2.45) is 14.1 Å². The van der Waals surface area contributed by atoms with E-state index in [4.69, 9.17) is 5.10 Å². The standard InChI is InChI=1S/C25H22F3N5O/c1-31-9-7-15-16(6-8-29-24(15)31)25(34)33-14-4-3-5-20(33)22-17(12-14)23(32(2)30-22)13-10-18(26)21(28)19(27)11-13/h6-11,14,20H,3-5,12H2,1-2H3/t14-,20+/m0/s1. The molecule has 0 aliphatic carbocycles. The molecule has 1 aromatic carbocycles. The number of carbonyl (C=O) groups is 1. The van der Waals surface area contributed by atoms with E-state index >= 15 is 0 Å². The fourth-order valence-corrected chi connectivity index (χ4v) is 5.69.